The number of ether oxygens (including phenoxy) is 1. The highest BCUT2D eigenvalue weighted by Crippen LogP contribution is 2.22. The zero-order chi connectivity index (χ0) is 14.3. The molecule has 1 aromatic rings. The van der Waals surface area contributed by atoms with Crippen LogP contribution in [-0.2, 0) is 6.42 Å². The van der Waals surface area contributed by atoms with E-state index in [1.54, 1.807) is 7.11 Å². The topological polar surface area (TPSA) is 21.3 Å². The molecule has 0 aliphatic heterocycles. The van der Waals surface area contributed by atoms with Crippen LogP contribution in [0.1, 0.15) is 38.3 Å². The van der Waals surface area contributed by atoms with Gasteiger partial charge in [0.15, 0.2) is 0 Å². The van der Waals surface area contributed by atoms with Crippen molar-refractivity contribution in [2.45, 2.75) is 46.6 Å². The monoisotopic (exact) mass is 261 g/mol. The van der Waals surface area contributed by atoms with Crippen molar-refractivity contribution in [1.82, 2.24) is 5.32 Å². The van der Waals surface area contributed by atoms with Gasteiger partial charge in [-0.05, 0) is 44.9 Å². The minimum absolute atomic E-state index is 0.561. The van der Waals surface area contributed by atoms with Crippen LogP contribution in [0.2, 0.25) is 0 Å². The Kier molecular flexibility index (Phi) is 6.65. The van der Waals surface area contributed by atoms with Crippen molar-refractivity contribution in [1.29, 1.82) is 0 Å². The van der Waals surface area contributed by atoms with Crippen LogP contribution in [-0.4, -0.2) is 19.7 Å². The summed E-state index contributed by atoms with van der Waals surface area (Å²) in [6.45, 7) is 9.70. The summed E-state index contributed by atoms with van der Waals surface area (Å²) in [6, 6.07) is 6.92. The number of methoxy groups -OCH3 is 1. The second kappa shape index (κ2) is 8.00. The van der Waals surface area contributed by atoms with E-state index in [2.05, 4.69) is 57.3 Å². The van der Waals surface area contributed by atoms with E-state index >= 15 is 0 Å². The van der Waals surface area contributed by atoms with Crippen molar-refractivity contribution in [3.8, 4) is 5.75 Å². The van der Waals surface area contributed by atoms with Crippen molar-refractivity contribution < 1.29 is 4.74 Å². The predicted molar refractivity (Wildman–Crippen MR) is 82.9 cm³/mol. The molecule has 1 N–H and O–H groups in total. The smallest absolute Gasteiger partial charge is 0.122 e. The maximum atomic E-state index is 5.42. The van der Waals surface area contributed by atoms with Crippen molar-refractivity contribution >= 4 is 0 Å². The molecule has 0 aliphatic rings. The van der Waals surface area contributed by atoms with Gasteiger partial charge in [0.05, 0.1) is 7.11 Å². The first-order chi connectivity index (χ1) is 9.02. The number of benzene rings is 1. The molecule has 0 fully saturated rings. The van der Waals surface area contributed by atoms with E-state index in [4.69, 9.17) is 4.74 Å². The van der Waals surface area contributed by atoms with E-state index in [0.29, 0.717) is 6.04 Å². The van der Waals surface area contributed by atoms with Crippen molar-refractivity contribution in [2.75, 3.05) is 13.7 Å². The number of allylic oxidation sites excluding steroid dienone is 1. The molecule has 106 valence electrons. The average molecular weight is 261 g/mol. The molecule has 19 heavy (non-hydrogen) atoms. The van der Waals surface area contributed by atoms with Crippen molar-refractivity contribution in [3.05, 3.63) is 41.0 Å². The lowest BCUT2D eigenvalue weighted by Crippen LogP contribution is -2.23. The molecule has 2 nitrogen and oxygen atoms in total. The third-order valence-corrected chi connectivity index (χ3v) is 3.09. The van der Waals surface area contributed by atoms with Crippen molar-refractivity contribution in [2.24, 2.45) is 0 Å². The van der Waals surface area contributed by atoms with Gasteiger partial charge in [0, 0.05) is 6.04 Å². The highest BCUT2D eigenvalue weighted by atomic mass is 16.5. The quantitative estimate of drug-likeness (QED) is 0.594. The van der Waals surface area contributed by atoms with E-state index in [0.717, 1.165) is 25.1 Å². The van der Waals surface area contributed by atoms with Crippen LogP contribution in [0.5, 0.6) is 5.75 Å². The summed E-state index contributed by atoms with van der Waals surface area (Å²) in [7, 11) is 1.74. The first-order valence-corrected chi connectivity index (χ1v) is 7.05. The highest BCUT2D eigenvalue weighted by molar-refractivity contribution is 5.39. The molecule has 0 saturated heterocycles. The van der Waals surface area contributed by atoms with Crippen LogP contribution in [0.15, 0.2) is 29.8 Å². The molecule has 0 bridgehead atoms. The summed E-state index contributed by atoms with van der Waals surface area (Å²) in [5.41, 5.74) is 3.95. The molecule has 0 amide bonds. The van der Waals surface area contributed by atoms with Gasteiger partial charge in [-0.3, -0.25) is 0 Å². The number of rotatable bonds is 7. The Morgan fingerprint density at radius 3 is 2.74 bits per heavy atom. The molecular weight excluding hydrogens is 234 g/mol. The average Bonchev–Trinajstić information content (AvgIpc) is 2.35. The van der Waals surface area contributed by atoms with E-state index in [1.165, 1.54) is 16.7 Å². The van der Waals surface area contributed by atoms with Gasteiger partial charge >= 0.3 is 0 Å². The highest BCUT2D eigenvalue weighted by Gasteiger charge is 2.03. The molecule has 0 heterocycles. The third-order valence-electron chi connectivity index (χ3n) is 3.09. The zero-order valence-corrected chi connectivity index (χ0v) is 12.9. The van der Waals surface area contributed by atoms with Gasteiger partial charge in [0.2, 0.25) is 0 Å². The summed E-state index contributed by atoms with van der Waals surface area (Å²) in [5, 5.41) is 3.43. The molecule has 1 aromatic carbocycles. The minimum Gasteiger partial charge on any atom is -0.496 e. The molecule has 1 rings (SSSR count). The Hall–Kier alpha value is -1.28. The van der Waals surface area contributed by atoms with Crippen molar-refractivity contribution in [3.63, 3.8) is 0 Å². The SMILES string of the molecule is COc1ccc(C)cc1CC(C)=CCCNC(C)C. The second-order valence-electron chi connectivity index (χ2n) is 5.44. The van der Waals surface area contributed by atoms with E-state index < -0.39 is 0 Å². The first kappa shape index (κ1) is 15.8. The Balaban J connectivity index is 2.58. The molecule has 0 aromatic heterocycles. The number of aryl methyl sites for hydroxylation is 1. The largest absolute Gasteiger partial charge is 0.496 e. The minimum atomic E-state index is 0.561. The fourth-order valence-corrected chi connectivity index (χ4v) is 2.11. The Morgan fingerprint density at radius 1 is 1.37 bits per heavy atom. The normalized spacial score (nSPS) is 12.0. The maximum Gasteiger partial charge on any atom is 0.122 e. The van der Waals surface area contributed by atoms with Gasteiger partial charge in [0.1, 0.15) is 5.75 Å². The Labute approximate surface area is 117 Å². The molecule has 0 saturated carbocycles. The van der Waals surface area contributed by atoms with Gasteiger partial charge in [-0.15, -0.1) is 0 Å². The summed E-state index contributed by atoms with van der Waals surface area (Å²) in [4.78, 5) is 0. The fourth-order valence-electron chi connectivity index (χ4n) is 2.11. The lowest BCUT2D eigenvalue weighted by Gasteiger charge is -2.10. The lowest BCUT2D eigenvalue weighted by molar-refractivity contribution is 0.410. The summed E-state index contributed by atoms with van der Waals surface area (Å²) < 4.78 is 5.42. The van der Waals surface area contributed by atoms with E-state index in [1.807, 2.05) is 0 Å². The molecular formula is C17H27NO. The van der Waals surface area contributed by atoms with Gasteiger partial charge in [-0.25, -0.2) is 0 Å². The predicted octanol–water partition coefficient (Wildman–Crippen LogP) is 3.88. The molecule has 0 aliphatic carbocycles. The Bertz CT molecular complexity index is 421. The van der Waals surface area contributed by atoms with Crippen LogP contribution in [0.25, 0.3) is 0 Å². The van der Waals surface area contributed by atoms with Crippen LogP contribution in [0.4, 0.5) is 0 Å². The van der Waals surface area contributed by atoms with Crippen LogP contribution in [0.3, 0.4) is 0 Å². The number of hydrogen-bond donors (Lipinski definition) is 1. The van der Waals surface area contributed by atoms with Gasteiger partial charge in [-0.1, -0.05) is 43.2 Å². The fraction of sp³-hybridized carbons (Fsp3) is 0.529. The number of hydrogen-bond acceptors (Lipinski definition) is 2. The van der Waals surface area contributed by atoms with Crippen LogP contribution >= 0.6 is 0 Å². The van der Waals surface area contributed by atoms with Gasteiger partial charge in [-0.2, -0.15) is 0 Å². The lowest BCUT2D eigenvalue weighted by atomic mass is 10.0. The summed E-state index contributed by atoms with van der Waals surface area (Å²) >= 11 is 0. The third kappa shape index (κ3) is 5.93. The van der Waals surface area contributed by atoms with Crippen LogP contribution < -0.4 is 10.1 Å². The summed E-state index contributed by atoms with van der Waals surface area (Å²) in [6.07, 6.45) is 4.36. The molecule has 0 unspecified atom stereocenters. The standard InChI is InChI=1S/C17H27NO/c1-13(2)18-10-6-7-14(3)11-16-12-15(4)8-9-17(16)19-5/h7-9,12-13,18H,6,10-11H2,1-5H3. The first-order valence-electron chi connectivity index (χ1n) is 7.05. The number of nitrogens with one attached hydrogen (secondary N) is 1. The second-order valence-corrected chi connectivity index (χ2v) is 5.44. The maximum absolute atomic E-state index is 5.42. The molecule has 0 atom stereocenters. The van der Waals surface area contributed by atoms with Gasteiger partial charge < -0.3 is 10.1 Å². The van der Waals surface area contributed by atoms with E-state index in [-0.39, 0.29) is 0 Å². The molecule has 2 heteroatoms. The molecule has 0 radical (unpaired) electrons. The molecule has 0 spiro atoms. The summed E-state index contributed by atoms with van der Waals surface area (Å²) in [5.74, 6) is 0.985. The van der Waals surface area contributed by atoms with E-state index in [9.17, 15) is 0 Å². The van der Waals surface area contributed by atoms with Gasteiger partial charge in [0.25, 0.3) is 0 Å². The zero-order valence-electron chi connectivity index (χ0n) is 12.9. The van der Waals surface area contributed by atoms with Crippen LogP contribution in [0, 0.1) is 6.92 Å². The Morgan fingerprint density at radius 2 is 2.11 bits per heavy atom.